The van der Waals surface area contributed by atoms with Crippen molar-refractivity contribution in [2.24, 2.45) is 29.6 Å². The summed E-state index contributed by atoms with van der Waals surface area (Å²) in [7, 11) is 0. The molecule has 0 spiro atoms. The molecule has 0 unspecified atom stereocenters. The maximum absolute atomic E-state index is 13.6. The number of carbonyl (C=O) groups excluding carboxylic acids is 2. The summed E-state index contributed by atoms with van der Waals surface area (Å²) in [6.45, 7) is 4.14. The van der Waals surface area contributed by atoms with Crippen LogP contribution in [0.3, 0.4) is 0 Å². The highest BCUT2D eigenvalue weighted by Gasteiger charge is 2.54. The van der Waals surface area contributed by atoms with E-state index < -0.39 is 0 Å². The molecule has 2 aromatic rings. The zero-order valence-corrected chi connectivity index (χ0v) is 20.7. The molecule has 0 radical (unpaired) electrons. The van der Waals surface area contributed by atoms with Crippen LogP contribution < -0.4 is 5.32 Å². The van der Waals surface area contributed by atoms with E-state index in [1.807, 2.05) is 31.2 Å². The van der Waals surface area contributed by atoms with Gasteiger partial charge in [0.1, 0.15) is 11.9 Å². The lowest BCUT2D eigenvalue weighted by Crippen LogP contribution is -2.48. The topological polar surface area (TPSA) is 77.5 Å². The van der Waals surface area contributed by atoms with Gasteiger partial charge in [0.25, 0.3) is 0 Å². The number of rotatable bonds is 5. The van der Waals surface area contributed by atoms with Crippen molar-refractivity contribution in [2.75, 3.05) is 6.61 Å². The Morgan fingerprint density at radius 1 is 1.22 bits per heavy atom. The number of aromatic nitrogens is 1. The summed E-state index contributed by atoms with van der Waals surface area (Å²) in [5.41, 5.74) is 2.45. The van der Waals surface area contributed by atoms with Gasteiger partial charge in [0, 0.05) is 23.7 Å². The molecule has 36 heavy (non-hydrogen) atoms. The predicted molar refractivity (Wildman–Crippen MR) is 134 cm³/mol. The standard InChI is InChI=1S/C29H33FN2O4/c1-3-35-29(34)32-23-10-7-19-14-26-27(17(2)36-28(26)33)24(25(19)15-23)12-11-22-9-8-20(16-31-22)18-5-4-6-21(30)13-18/h4-6,8-9,11-13,16-17,19,23-27H,3,7,10,14-15H2,1-2H3,(H,32,34)/t17-,19+,23-,24+,25-,26-,27+/m1/s1. The summed E-state index contributed by atoms with van der Waals surface area (Å²) in [6.07, 6.45) is 9.05. The molecule has 1 aliphatic heterocycles. The summed E-state index contributed by atoms with van der Waals surface area (Å²) in [4.78, 5) is 29.3. The summed E-state index contributed by atoms with van der Waals surface area (Å²) < 4.78 is 24.4. The van der Waals surface area contributed by atoms with Gasteiger partial charge in [-0.25, -0.2) is 9.18 Å². The Labute approximate surface area is 211 Å². The molecule has 2 aliphatic carbocycles. The van der Waals surface area contributed by atoms with Crippen LogP contribution in [0.5, 0.6) is 0 Å². The van der Waals surface area contributed by atoms with E-state index in [2.05, 4.69) is 16.4 Å². The van der Waals surface area contributed by atoms with Crippen molar-refractivity contribution in [2.45, 2.75) is 51.7 Å². The lowest BCUT2D eigenvalue weighted by atomic mass is 9.57. The van der Waals surface area contributed by atoms with Gasteiger partial charge < -0.3 is 14.8 Å². The molecule has 1 aromatic carbocycles. The first-order chi connectivity index (χ1) is 17.4. The first kappa shape index (κ1) is 24.5. The number of hydrogen-bond acceptors (Lipinski definition) is 5. The predicted octanol–water partition coefficient (Wildman–Crippen LogP) is 5.63. The molecule has 1 amide bonds. The highest BCUT2D eigenvalue weighted by atomic mass is 19.1. The van der Waals surface area contributed by atoms with E-state index in [9.17, 15) is 14.0 Å². The van der Waals surface area contributed by atoms with Gasteiger partial charge >= 0.3 is 12.1 Å². The van der Waals surface area contributed by atoms with Gasteiger partial charge in [0.15, 0.2) is 0 Å². The average molecular weight is 493 g/mol. The van der Waals surface area contributed by atoms with Crippen LogP contribution >= 0.6 is 0 Å². The fourth-order valence-corrected chi connectivity index (χ4v) is 6.61. The summed E-state index contributed by atoms with van der Waals surface area (Å²) in [6, 6.07) is 10.4. The molecule has 3 aliphatic rings. The highest BCUT2D eigenvalue weighted by Crippen LogP contribution is 2.53. The number of nitrogens with zero attached hydrogens (tertiary/aromatic N) is 1. The van der Waals surface area contributed by atoms with E-state index in [1.54, 1.807) is 19.2 Å². The minimum Gasteiger partial charge on any atom is -0.462 e. The molecule has 5 rings (SSSR count). The number of fused-ring (bicyclic) bond motifs is 2. The van der Waals surface area contributed by atoms with Gasteiger partial charge in [0.2, 0.25) is 0 Å². The highest BCUT2D eigenvalue weighted by molar-refractivity contribution is 5.75. The Bertz CT molecular complexity index is 1130. The number of cyclic esters (lactones) is 1. The number of benzene rings is 1. The Morgan fingerprint density at radius 3 is 2.83 bits per heavy atom. The Kier molecular flexibility index (Phi) is 7.08. The van der Waals surface area contributed by atoms with Crippen LogP contribution in [-0.4, -0.2) is 35.8 Å². The number of alkyl carbamates (subject to hydrolysis) is 1. The Balaban J connectivity index is 1.37. The molecule has 190 valence electrons. The van der Waals surface area contributed by atoms with Gasteiger partial charge in [-0.05, 0) is 87.1 Å². The van der Waals surface area contributed by atoms with Crippen LogP contribution in [0.15, 0.2) is 48.7 Å². The van der Waals surface area contributed by atoms with Crippen LogP contribution in [0, 0.1) is 35.4 Å². The second-order valence-electron chi connectivity index (χ2n) is 10.3. The fourth-order valence-electron chi connectivity index (χ4n) is 6.61. The van der Waals surface area contributed by atoms with Crippen molar-refractivity contribution in [1.82, 2.24) is 10.3 Å². The molecule has 7 heteroatoms. The molecule has 2 saturated carbocycles. The normalized spacial score (nSPS) is 31.4. The van der Waals surface area contributed by atoms with Crippen molar-refractivity contribution in [3.05, 3.63) is 60.2 Å². The van der Waals surface area contributed by atoms with Gasteiger partial charge in [0.05, 0.1) is 18.2 Å². The lowest BCUT2D eigenvalue weighted by Gasteiger charge is -2.47. The van der Waals surface area contributed by atoms with Gasteiger partial charge in [-0.3, -0.25) is 9.78 Å². The van der Waals surface area contributed by atoms with Gasteiger partial charge in [-0.2, -0.15) is 0 Å². The Morgan fingerprint density at radius 2 is 2.08 bits per heavy atom. The molecule has 1 aromatic heterocycles. The number of halogens is 1. The monoisotopic (exact) mass is 492 g/mol. The van der Waals surface area contributed by atoms with Crippen LogP contribution in [0.25, 0.3) is 17.2 Å². The molecular weight excluding hydrogens is 459 g/mol. The van der Waals surface area contributed by atoms with Crippen molar-refractivity contribution in [3.8, 4) is 11.1 Å². The smallest absolute Gasteiger partial charge is 0.407 e. The summed E-state index contributed by atoms with van der Waals surface area (Å²) in [5.74, 6) is 0.592. The van der Waals surface area contributed by atoms with E-state index in [4.69, 9.17) is 9.47 Å². The molecule has 0 bridgehead atoms. The summed E-state index contributed by atoms with van der Waals surface area (Å²) >= 11 is 0. The fraction of sp³-hybridized carbons (Fsp3) is 0.483. The maximum atomic E-state index is 13.6. The van der Waals surface area contributed by atoms with E-state index >= 15 is 0 Å². The van der Waals surface area contributed by atoms with Crippen LogP contribution in [0.1, 0.15) is 45.2 Å². The molecule has 7 atom stereocenters. The minimum atomic E-state index is -0.364. The van der Waals surface area contributed by atoms with Crippen molar-refractivity contribution in [1.29, 1.82) is 0 Å². The van der Waals surface area contributed by atoms with Crippen molar-refractivity contribution in [3.63, 3.8) is 0 Å². The second kappa shape index (κ2) is 10.4. The van der Waals surface area contributed by atoms with Gasteiger partial charge in [-0.1, -0.05) is 24.3 Å². The number of carbonyl (C=O) groups is 2. The minimum absolute atomic E-state index is 0.0646. The molecule has 1 N–H and O–H groups in total. The average Bonchev–Trinajstić information content (AvgIpc) is 3.15. The number of esters is 1. The maximum Gasteiger partial charge on any atom is 0.407 e. The third-order valence-electron chi connectivity index (χ3n) is 8.19. The molecule has 3 fully saturated rings. The zero-order valence-electron chi connectivity index (χ0n) is 20.7. The number of amides is 1. The number of nitrogens with one attached hydrogen (secondary N) is 1. The van der Waals surface area contributed by atoms with Gasteiger partial charge in [-0.15, -0.1) is 0 Å². The summed E-state index contributed by atoms with van der Waals surface area (Å²) in [5, 5.41) is 3.03. The number of allylic oxidation sites excluding steroid dienone is 1. The SMILES string of the molecule is CCOC(=O)N[C@@H]1CC[C@H]2C[C@H]3C(=O)O[C@H](C)[C@H]3[C@@H](C=Cc3ccc(-c4cccc(F)c4)cn3)[C@@H]2C1. The third-order valence-corrected chi connectivity index (χ3v) is 8.19. The molecular formula is C29H33FN2O4. The third kappa shape index (κ3) is 5.01. The molecule has 1 saturated heterocycles. The van der Waals surface area contributed by atoms with Crippen LogP contribution in [0.2, 0.25) is 0 Å². The lowest BCUT2D eigenvalue weighted by molar-refractivity contribution is -0.144. The second-order valence-corrected chi connectivity index (χ2v) is 10.3. The first-order valence-electron chi connectivity index (χ1n) is 13.0. The molecule has 6 nitrogen and oxygen atoms in total. The quantitative estimate of drug-likeness (QED) is 0.548. The zero-order chi connectivity index (χ0) is 25.2. The van der Waals surface area contributed by atoms with Crippen LogP contribution in [0.4, 0.5) is 9.18 Å². The van der Waals surface area contributed by atoms with E-state index in [0.29, 0.717) is 18.4 Å². The van der Waals surface area contributed by atoms with Crippen molar-refractivity contribution >= 4 is 18.1 Å². The van der Waals surface area contributed by atoms with Crippen molar-refractivity contribution < 1.29 is 23.5 Å². The van der Waals surface area contributed by atoms with E-state index in [-0.39, 0.29) is 47.8 Å². The molecule has 2 heterocycles. The number of ether oxygens (including phenoxy) is 2. The van der Waals surface area contributed by atoms with E-state index in [1.165, 1.54) is 12.1 Å². The van der Waals surface area contributed by atoms with E-state index in [0.717, 1.165) is 42.5 Å². The van der Waals surface area contributed by atoms with Crippen LogP contribution in [-0.2, 0) is 14.3 Å². The largest absolute Gasteiger partial charge is 0.462 e. The number of hydrogen-bond donors (Lipinski definition) is 1. The first-order valence-corrected chi connectivity index (χ1v) is 13.0. The number of pyridine rings is 1. The Hall–Kier alpha value is -3.22.